The molecule has 0 aliphatic carbocycles. The number of hydrogen-bond acceptors (Lipinski definition) is 5. The molecule has 1 aromatic carbocycles. The van der Waals surface area contributed by atoms with Crippen LogP contribution in [0.1, 0.15) is 58.2 Å². The number of amides is 2. The summed E-state index contributed by atoms with van der Waals surface area (Å²) in [7, 11) is 0. The molecule has 8 nitrogen and oxygen atoms in total. The van der Waals surface area contributed by atoms with E-state index in [0.717, 1.165) is 5.56 Å². The van der Waals surface area contributed by atoms with Crippen LogP contribution in [0.25, 0.3) is 0 Å². The zero-order valence-electron chi connectivity index (χ0n) is 14.0. The lowest BCUT2D eigenvalue weighted by molar-refractivity contribution is -0.0441. The zero-order valence-corrected chi connectivity index (χ0v) is 14.0. The van der Waals surface area contributed by atoms with Gasteiger partial charge in [0.2, 0.25) is 0 Å². The topological polar surface area (TPSA) is 119 Å². The number of nitrogens with two attached hydrogens (primary N) is 1. The van der Waals surface area contributed by atoms with E-state index in [1.807, 2.05) is 19.9 Å². The molecule has 2 amide bonds. The number of aromatic nitrogens is 2. The van der Waals surface area contributed by atoms with E-state index in [0.29, 0.717) is 30.2 Å². The van der Waals surface area contributed by atoms with Crippen molar-refractivity contribution in [3.63, 3.8) is 0 Å². The third-order valence-electron chi connectivity index (χ3n) is 3.89. The molecule has 0 unspecified atom stereocenters. The van der Waals surface area contributed by atoms with Crippen LogP contribution in [-0.4, -0.2) is 35.2 Å². The number of nitrogens with one attached hydrogen (secondary N) is 2. The first kappa shape index (κ1) is 17.1. The van der Waals surface area contributed by atoms with Gasteiger partial charge >= 0.3 is 0 Å². The van der Waals surface area contributed by atoms with E-state index < -0.39 is 12.2 Å². The minimum atomic E-state index is -0.708. The van der Waals surface area contributed by atoms with Gasteiger partial charge in [-0.2, -0.15) is 5.10 Å². The Balaban J connectivity index is 1.86. The van der Waals surface area contributed by atoms with Gasteiger partial charge < -0.3 is 20.5 Å². The second kappa shape index (κ2) is 7.04. The summed E-state index contributed by atoms with van der Waals surface area (Å²) in [5.74, 6) is -1.05. The van der Waals surface area contributed by atoms with Crippen LogP contribution < -0.4 is 11.1 Å². The number of primary amides is 1. The smallest absolute Gasteiger partial charge is 0.271 e. The Morgan fingerprint density at radius 3 is 2.68 bits per heavy atom. The van der Waals surface area contributed by atoms with Crippen LogP contribution in [0, 0.1) is 0 Å². The third-order valence-corrected chi connectivity index (χ3v) is 3.89. The summed E-state index contributed by atoms with van der Waals surface area (Å²) in [6, 6.07) is 6.96. The fraction of sp³-hybridized carbons (Fsp3) is 0.353. The Bertz CT molecular complexity index is 794. The van der Waals surface area contributed by atoms with Gasteiger partial charge in [-0.3, -0.25) is 14.7 Å². The molecule has 1 aliphatic heterocycles. The number of carbonyl (C=O) groups excluding carboxylic acids is 2. The number of aromatic amines is 1. The molecule has 2 heterocycles. The summed E-state index contributed by atoms with van der Waals surface area (Å²) >= 11 is 0. The summed E-state index contributed by atoms with van der Waals surface area (Å²) in [5.41, 5.74) is 7.48. The molecule has 0 spiro atoms. The SMILES string of the molecule is CC(C)c1[nH]nc(C(N)=O)c1NC(=O)c1cccc(C2OCCO2)c1. The van der Waals surface area contributed by atoms with Crippen molar-refractivity contribution in [1.82, 2.24) is 10.2 Å². The second-order valence-corrected chi connectivity index (χ2v) is 6.03. The quantitative estimate of drug-likeness (QED) is 0.765. The van der Waals surface area contributed by atoms with Gasteiger partial charge in [-0.1, -0.05) is 26.0 Å². The van der Waals surface area contributed by atoms with Gasteiger partial charge in [-0.25, -0.2) is 0 Å². The highest BCUT2D eigenvalue weighted by atomic mass is 16.7. The first-order chi connectivity index (χ1) is 12.0. The monoisotopic (exact) mass is 344 g/mol. The Hall–Kier alpha value is -2.71. The summed E-state index contributed by atoms with van der Waals surface area (Å²) in [6.45, 7) is 4.89. The van der Waals surface area contributed by atoms with Crippen molar-refractivity contribution in [1.29, 1.82) is 0 Å². The standard InChI is InChI=1S/C17H20N4O4/c1-9(2)12-13(14(15(18)22)21-20-12)19-16(23)10-4-3-5-11(8-10)17-24-6-7-25-17/h3-5,8-9,17H,6-7H2,1-2H3,(H2,18,22)(H,19,23)(H,20,21). The number of hydrogen-bond donors (Lipinski definition) is 3. The van der Waals surface area contributed by atoms with Crippen molar-refractivity contribution >= 4 is 17.5 Å². The van der Waals surface area contributed by atoms with Crippen LogP contribution in [0.2, 0.25) is 0 Å². The molecule has 4 N–H and O–H groups in total. The number of H-pyrrole nitrogens is 1. The number of carbonyl (C=O) groups is 2. The minimum absolute atomic E-state index is 0.00987. The van der Waals surface area contributed by atoms with Crippen LogP contribution in [0.5, 0.6) is 0 Å². The molecule has 25 heavy (non-hydrogen) atoms. The Kier molecular flexibility index (Phi) is 4.82. The zero-order chi connectivity index (χ0) is 18.0. The second-order valence-electron chi connectivity index (χ2n) is 6.03. The van der Waals surface area contributed by atoms with Crippen LogP contribution in [-0.2, 0) is 9.47 Å². The molecule has 0 radical (unpaired) electrons. The summed E-state index contributed by atoms with van der Waals surface area (Å²) in [5, 5.41) is 9.41. The molecule has 1 saturated heterocycles. The first-order valence-corrected chi connectivity index (χ1v) is 8.00. The molecule has 1 fully saturated rings. The largest absolute Gasteiger partial charge is 0.364 e. The van der Waals surface area contributed by atoms with Crippen LogP contribution in [0.15, 0.2) is 24.3 Å². The van der Waals surface area contributed by atoms with Crippen molar-refractivity contribution in [2.75, 3.05) is 18.5 Å². The fourth-order valence-corrected chi connectivity index (χ4v) is 2.64. The first-order valence-electron chi connectivity index (χ1n) is 8.00. The molecular formula is C17H20N4O4. The maximum atomic E-state index is 12.6. The fourth-order valence-electron chi connectivity index (χ4n) is 2.64. The minimum Gasteiger partial charge on any atom is -0.364 e. The van der Waals surface area contributed by atoms with Crippen molar-refractivity contribution in [3.05, 3.63) is 46.8 Å². The molecule has 1 aromatic heterocycles. The highest BCUT2D eigenvalue weighted by Crippen LogP contribution is 2.27. The maximum Gasteiger partial charge on any atom is 0.271 e. The van der Waals surface area contributed by atoms with Gasteiger partial charge in [0.25, 0.3) is 11.8 Å². The number of nitrogens with zero attached hydrogens (tertiary/aromatic N) is 1. The molecular weight excluding hydrogens is 324 g/mol. The number of ether oxygens (including phenoxy) is 2. The molecule has 0 saturated carbocycles. The van der Waals surface area contributed by atoms with Crippen LogP contribution in [0.4, 0.5) is 5.69 Å². The van der Waals surface area contributed by atoms with Gasteiger partial charge in [-0.05, 0) is 18.1 Å². The van der Waals surface area contributed by atoms with E-state index in [2.05, 4.69) is 15.5 Å². The van der Waals surface area contributed by atoms with E-state index >= 15 is 0 Å². The predicted molar refractivity (Wildman–Crippen MR) is 90.2 cm³/mol. The van der Waals surface area contributed by atoms with E-state index in [9.17, 15) is 9.59 Å². The highest BCUT2D eigenvalue weighted by Gasteiger charge is 2.23. The predicted octanol–water partition coefficient (Wildman–Crippen LogP) is 1.93. The van der Waals surface area contributed by atoms with Crippen molar-refractivity contribution in [2.45, 2.75) is 26.1 Å². The Morgan fingerprint density at radius 1 is 1.32 bits per heavy atom. The van der Waals surface area contributed by atoms with E-state index in [1.54, 1.807) is 18.2 Å². The van der Waals surface area contributed by atoms with E-state index in [4.69, 9.17) is 15.2 Å². The van der Waals surface area contributed by atoms with Crippen molar-refractivity contribution < 1.29 is 19.1 Å². The summed E-state index contributed by atoms with van der Waals surface area (Å²) in [6.07, 6.45) is -0.464. The van der Waals surface area contributed by atoms with Crippen molar-refractivity contribution in [2.24, 2.45) is 5.73 Å². The highest BCUT2D eigenvalue weighted by molar-refractivity contribution is 6.08. The molecule has 0 bridgehead atoms. The molecule has 132 valence electrons. The average molecular weight is 344 g/mol. The molecule has 2 aromatic rings. The molecule has 3 rings (SSSR count). The number of benzene rings is 1. The average Bonchev–Trinajstić information content (AvgIpc) is 3.24. The lowest BCUT2D eigenvalue weighted by Gasteiger charge is -2.12. The summed E-state index contributed by atoms with van der Waals surface area (Å²) < 4.78 is 10.9. The number of rotatable bonds is 5. The Labute approximate surface area is 144 Å². The molecule has 0 atom stereocenters. The maximum absolute atomic E-state index is 12.6. The van der Waals surface area contributed by atoms with Gasteiger partial charge in [0, 0.05) is 11.1 Å². The van der Waals surface area contributed by atoms with Crippen LogP contribution in [0.3, 0.4) is 0 Å². The van der Waals surface area contributed by atoms with Crippen molar-refractivity contribution in [3.8, 4) is 0 Å². The molecule has 8 heteroatoms. The van der Waals surface area contributed by atoms with E-state index in [1.165, 1.54) is 0 Å². The van der Waals surface area contributed by atoms with Gasteiger partial charge in [0.05, 0.1) is 24.6 Å². The van der Waals surface area contributed by atoms with Gasteiger partial charge in [0.1, 0.15) is 0 Å². The summed E-state index contributed by atoms with van der Waals surface area (Å²) in [4.78, 5) is 24.2. The lowest BCUT2D eigenvalue weighted by atomic mass is 10.1. The number of anilines is 1. The molecule has 1 aliphatic rings. The van der Waals surface area contributed by atoms with Gasteiger partial charge in [-0.15, -0.1) is 0 Å². The van der Waals surface area contributed by atoms with Gasteiger partial charge in [0.15, 0.2) is 12.0 Å². The third kappa shape index (κ3) is 3.54. The normalized spacial score (nSPS) is 14.8. The lowest BCUT2D eigenvalue weighted by Crippen LogP contribution is -2.19. The van der Waals surface area contributed by atoms with Crippen LogP contribution >= 0.6 is 0 Å². The van der Waals surface area contributed by atoms with E-state index in [-0.39, 0.29) is 17.5 Å². The Morgan fingerprint density at radius 2 is 2.04 bits per heavy atom.